The Morgan fingerprint density at radius 2 is 2.09 bits per heavy atom. The van der Waals surface area contributed by atoms with E-state index in [4.69, 9.17) is 0 Å². The fourth-order valence-corrected chi connectivity index (χ4v) is 1.45. The molecule has 0 unspecified atom stereocenters. The molecule has 0 atom stereocenters. The Morgan fingerprint density at radius 1 is 1.45 bits per heavy atom. The van der Waals surface area contributed by atoms with E-state index in [1.807, 2.05) is 6.92 Å². The van der Waals surface area contributed by atoms with Crippen molar-refractivity contribution in [2.75, 3.05) is 0 Å². The SMILES string of the molecule is CC(=O)C1=C(C)C(C)=CCC1. The second kappa shape index (κ2) is 3.04. The molecule has 1 aliphatic rings. The Hall–Kier alpha value is -0.850. The summed E-state index contributed by atoms with van der Waals surface area (Å²) in [4.78, 5) is 11.1. The molecule has 1 heteroatoms. The van der Waals surface area contributed by atoms with Crippen LogP contribution < -0.4 is 0 Å². The van der Waals surface area contributed by atoms with Gasteiger partial charge in [-0.25, -0.2) is 0 Å². The van der Waals surface area contributed by atoms with Crippen LogP contribution in [0, 0.1) is 0 Å². The average Bonchev–Trinajstić information content (AvgIpc) is 1.94. The van der Waals surface area contributed by atoms with E-state index < -0.39 is 0 Å². The van der Waals surface area contributed by atoms with Gasteiger partial charge in [-0.1, -0.05) is 11.6 Å². The first-order valence-electron chi connectivity index (χ1n) is 4.00. The molecule has 0 fully saturated rings. The molecule has 0 aromatic heterocycles. The molecule has 0 bridgehead atoms. The minimum absolute atomic E-state index is 0.231. The van der Waals surface area contributed by atoms with E-state index in [0.717, 1.165) is 18.4 Å². The molecule has 0 saturated carbocycles. The first-order valence-corrected chi connectivity index (χ1v) is 4.00. The van der Waals surface area contributed by atoms with Crippen LogP contribution in [0.5, 0.6) is 0 Å². The molecule has 0 saturated heterocycles. The first kappa shape index (κ1) is 8.25. The summed E-state index contributed by atoms with van der Waals surface area (Å²) in [6.45, 7) is 5.75. The number of carbonyl (C=O) groups excluding carboxylic acids is 1. The van der Waals surface area contributed by atoms with Crippen molar-refractivity contribution < 1.29 is 4.79 Å². The Bertz CT molecular complexity index is 244. The Morgan fingerprint density at radius 3 is 2.55 bits per heavy atom. The van der Waals surface area contributed by atoms with Gasteiger partial charge in [0.25, 0.3) is 0 Å². The quantitative estimate of drug-likeness (QED) is 0.561. The van der Waals surface area contributed by atoms with Gasteiger partial charge in [0.15, 0.2) is 5.78 Å². The maximum Gasteiger partial charge on any atom is 0.156 e. The zero-order valence-corrected chi connectivity index (χ0v) is 7.40. The zero-order valence-electron chi connectivity index (χ0n) is 7.40. The van der Waals surface area contributed by atoms with Gasteiger partial charge in [0.2, 0.25) is 0 Å². The summed E-state index contributed by atoms with van der Waals surface area (Å²) in [5.41, 5.74) is 3.47. The van der Waals surface area contributed by atoms with E-state index in [1.54, 1.807) is 6.92 Å². The molecule has 0 radical (unpaired) electrons. The van der Waals surface area contributed by atoms with Crippen LogP contribution in [0.4, 0.5) is 0 Å². The van der Waals surface area contributed by atoms with Gasteiger partial charge in [0.1, 0.15) is 0 Å². The first-order chi connectivity index (χ1) is 5.13. The average molecular weight is 150 g/mol. The van der Waals surface area contributed by atoms with Crippen LogP contribution in [-0.4, -0.2) is 5.78 Å². The van der Waals surface area contributed by atoms with Gasteiger partial charge in [-0.2, -0.15) is 0 Å². The van der Waals surface area contributed by atoms with Crippen molar-refractivity contribution in [3.05, 3.63) is 22.8 Å². The highest BCUT2D eigenvalue weighted by Crippen LogP contribution is 2.24. The largest absolute Gasteiger partial charge is 0.295 e. The predicted octanol–water partition coefficient (Wildman–Crippen LogP) is 2.63. The topological polar surface area (TPSA) is 17.1 Å². The normalized spacial score (nSPS) is 18.3. The molecule has 0 aliphatic heterocycles. The van der Waals surface area contributed by atoms with Gasteiger partial charge >= 0.3 is 0 Å². The Labute approximate surface area is 67.8 Å². The lowest BCUT2D eigenvalue weighted by molar-refractivity contribution is -0.113. The zero-order chi connectivity index (χ0) is 8.43. The van der Waals surface area contributed by atoms with Gasteiger partial charge in [-0.05, 0) is 44.8 Å². The monoisotopic (exact) mass is 150 g/mol. The minimum Gasteiger partial charge on any atom is -0.295 e. The molecular formula is C10H14O. The second-order valence-electron chi connectivity index (χ2n) is 3.09. The van der Waals surface area contributed by atoms with Crippen LogP contribution >= 0.6 is 0 Å². The number of carbonyl (C=O) groups is 1. The fraction of sp³-hybridized carbons (Fsp3) is 0.500. The number of allylic oxidation sites excluding steroid dienone is 4. The lowest BCUT2D eigenvalue weighted by Crippen LogP contribution is -2.04. The smallest absolute Gasteiger partial charge is 0.156 e. The highest BCUT2D eigenvalue weighted by molar-refractivity contribution is 5.95. The Balaban J connectivity index is 3.01. The summed E-state index contributed by atoms with van der Waals surface area (Å²) >= 11 is 0. The summed E-state index contributed by atoms with van der Waals surface area (Å²) < 4.78 is 0. The van der Waals surface area contributed by atoms with Crippen LogP contribution in [0.15, 0.2) is 22.8 Å². The predicted molar refractivity (Wildman–Crippen MR) is 46.4 cm³/mol. The molecule has 1 rings (SSSR count). The summed E-state index contributed by atoms with van der Waals surface area (Å²) in [6.07, 6.45) is 4.15. The molecule has 1 nitrogen and oxygen atoms in total. The molecule has 0 N–H and O–H groups in total. The van der Waals surface area contributed by atoms with E-state index in [1.165, 1.54) is 11.1 Å². The molecule has 0 aromatic rings. The molecule has 1 aliphatic carbocycles. The lowest BCUT2D eigenvalue weighted by atomic mass is 9.91. The third-order valence-corrected chi connectivity index (χ3v) is 2.31. The van der Waals surface area contributed by atoms with Crippen molar-refractivity contribution in [3.63, 3.8) is 0 Å². The van der Waals surface area contributed by atoms with E-state index in [0.29, 0.717) is 0 Å². The van der Waals surface area contributed by atoms with Crippen molar-refractivity contribution in [2.45, 2.75) is 33.6 Å². The highest BCUT2D eigenvalue weighted by Gasteiger charge is 2.12. The molecule has 0 spiro atoms. The van der Waals surface area contributed by atoms with Crippen LogP contribution in [0.3, 0.4) is 0 Å². The van der Waals surface area contributed by atoms with Crippen molar-refractivity contribution in [2.24, 2.45) is 0 Å². The van der Waals surface area contributed by atoms with Gasteiger partial charge in [0.05, 0.1) is 0 Å². The van der Waals surface area contributed by atoms with Gasteiger partial charge in [-0.3, -0.25) is 4.79 Å². The van der Waals surface area contributed by atoms with Gasteiger partial charge in [-0.15, -0.1) is 0 Å². The molecule has 0 aromatic carbocycles. The third-order valence-electron chi connectivity index (χ3n) is 2.31. The summed E-state index contributed by atoms with van der Waals surface area (Å²) in [5, 5.41) is 0. The number of ketones is 1. The van der Waals surface area contributed by atoms with Crippen molar-refractivity contribution in [1.82, 2.24) is 0 Å². The number of hydrogen-bond acceptors (Lipinski definition) is 1. The summed E-state index contributed by atoms with van der Waals surface area (Å²) in [6, 6.07) is 0. The van der Waals surface area contributed by atoms with E-state index >= 15 is 0 Å². The van der Waals surface area contributed by atoms with Gasteiger partial charge < -0.3 is 0 Å². The molecule has 0 heterocycles. The van der Waals surface area contributed by atoms with Crippen molar-refractivity contribution in [1.29, 1.82) is 0 Å². The van der Waals surface area contributed by atoms with Crippen LogP contribution in [0.1, 0.15) is 33.6 Å². The summed E-state index contributed by atoms with van der Waals surface area (Å²) in [5.74, 6) is 0.231. The maximum atomic E-state index is 11.1. The van der Waals surface area contributed by atoms with E-state index in [-0.39, 0.29) is 5.78 Å². The number of Topliss-reactive ketones (excluding diaryl/α,β-unsaturated/α-hetero) is 1. The van der Waals surface area contributed by atoms with Gasteiger partial charge in [0, 0.05) is 0 Å². The fourth-order valence-electron chi connectivity index (χ4n) is 1.45. The standard InChI is InChI=1S/C10H14O/c1-7-5-4-6-10(8(7)2)9(3)11/h5H,4,6H2,1-3H3. The van der Waals surface area contributed by atoms with Crippen molar-refractivity contribution in [3.8, 4) is 0 Å². The lowest BCUT2D eigenvalue weighted by Gasteiger charge is -2.14. The number of hydrogen-bond donors (Lipinski definition) is 0. The molecule has 11 heavy (non-hydrogen) atoms. The minimum atomic E-state index is 0.231. The van der Waals surface area contributed by atoms with Crippen LogP contribution in [-0.2, 0) is 4.79 Å². The van der Waals surface area contributed by atoms with Crippen LogP contribution in [0.2, 0.25) is 0 Å². The number of rotatable bonds is 1. The third kappa shape index (κ3) is 1.59. The second-order valence-corrected chi connectivity index (χ2v) is 3.09. The highest BCUT2D eigenvalue weighted by atomic mass is 16.1. The maximum absolute atomic E-state index is 11.1. The van der Waals surface area contributed by atoms with Crippen LogP contribution in [0.25, 0.3) is 0 Å². The molecule has 60 valence electrons. The van der Waals surface area contributed by atoms with Crippen molar-refractivity contribution >= 4 is 5.78 Å². The molecular weight excluding hydrogens is 136 g/mol. The van der Waals surface area contributed by atoms with E-state index in [9.17, 15) is 4.79 Å². The summed E-state index contributed by atoms with van der Waals surface area (Å²) in [7, 11) is 0. The van der Waals surface area contributed by atoms with E-state index in [2.05, 4.69) is 13.0 Å². The Kier molecular flexibility index (Phi) is 2.28. The molecule has 0 amide bonds.